The molecule has 1 heterocycles. The van der Waals surface area contributed by atoms with E-state index in [1.54, 1.807) is 0 Å². The zero-order chi connectivity index (χ0) is 11.4. The van der Waals surface area contributed by atoms with Crippen molar-refractivity contribution in [3.05, 3.63) is 0 Å². The third kappa shape index (κ3) is 2.32. The molecule has 92 valence electrons. The Morgan fingerprint density at radius 1 is 1.38 bits per heavy atom. The summed E-state index contributed by atoms with van der Waals surface area (Å²) in [4.78, 5) is 6.96. The molecular weight excluding hydrogens is 200 g/mol. The van der Waals surface area contributed by atoms with Crippen molar-refractivity contribution in [2.45, 2.75) is 51.5 Å². The summed E-state index contributed by atoms with van der Waals surface area (Å²) in [5.41, 5.74) is 2.80. The molecule has 16 heavy (non-hydrogen) atoms. The standard InChI is InChI=1S/C12H24N4/c1-2-8-14-12(15-13)16-9-4-6-10-5-3-7-11(10)16/h10-11H,2-9,13H2,1H3,(H,14,15). The Balaban J connectivity index is 2.05. The van der Waals surface area contributed by atoms with Gasteiger partial charge in [0.1, 0.15) is 0 Å². The third-order valence-electron chi connectivity index (χ3n) is 3.88. The number of aliphatic imine (C=N–C) groups is 1. The van der Waals surface area contributed by atoms with Gasteiger partial charge in [-0.15, -0.1) is 0 Å². The molecule has 0 spiro atoms. The van der Waals surface area contributed by atoms with Crippen LogP contribution in [0.2, 0.25) is 0 Å². The highest BCUT2D eigenvalue weighted by atomic mass is 15.4. The minimum Gasteiger partial charge on any atom is -0.339 e. The lowest BCUT2D eigenvalue weighted by molar-refractivity contribution is 0.185. The highest BCUT2D eigenvalue weighted by Crippen LogP contribution is 2.36. The van der Waals surface area contributed by atoms with E-state index in [9.17, 15) is 0 Å². The van der Waals surface area contributed by atoms with E-state index in [1.807, 2.05) is 0 Å². The molecule has 0 aromatic rings. The molecule has 2 atom stereocenters. The number of hydrazine groups is 1. The van der Waals surface area contributed by atoms with Crippen LogP contribution in [0.4, 0.5) is 0 Å². The SMILES string of the molecule is CCCN=C(NN)N1CCCC2CCCC21. The van der Waals surface area contributed by atoms with Gasteiger partial charge in [-0.05, 0) is 38.0 Å². The number of rotatable bonds is 2. The fraction of sp³-hybridized carbons (Fsp3) is 0.917. The fourth-order valence-corrected chi connectivity index (χ4v) is 3.15. The lowest BCUT2D eigenvalue weighted by Crippen LogP contribution is -2.53. The lowest BCUT2D eigenvalue weighted by Gasteiger charge is -2.39. The highest BCUT2D eigenvalue weighted by Gasteiger charge is 2.36. The Hall–Kier alpha value is -0.770. The molecule has 1 aliphatic carbocycles. The van der Waals surface area contributed by atoms with Crippen LogP contribution < -0.4 is 11.3 Å². The van der Waals surface area contributed by atoms with E-state index < -0.39 is 0 Å². The zero-order valence-corrected chi connectivity index (χ0v) is 10.3. The van der Waals surface area contributed by atoms with E-state index in [0.717, 1.165) is 31.4 Å². The average molecular weight is 224 g/mol. The van der Waals surface area contributed by atoms with Gasteiger partial charge in [-0.25, -0.2) is 5.84 Å². The minimum atomic E-state index is 0.695. The molecule has 0 aromatic carbocycles. The van der Waals surface area contributed by atoms with Crippen LogP contribution in [0.25, 0.3) is 0 Å². The Bertz CT molecular complexity index is 251. The predicted molar refractivity (Wildman–Crippen MR) is 67.0 cm³/mol. The normalized spacial score (nSPS) is 30.4. The van der Waals surface area contributed by atoms with Crippen LogP contribution in [0.15, 0.2) is 4.99 Å². The summed E-state index contributed by atoms with van der Waals surface area (Å²) >= 11 is 0. The quantitative estimate of drug-likeness (QED) is 0.323. The second-order valence-corrected chi connectivity index (χ2v) is 4.94. The van der Waals surface area contributed by atoms with Crippen LogP contribution in [-0.2, 0) is 0 Å². The molecule has 0 aromatic heterocycles. The van der Waals surface area contributed by atoms with Gasteiger partial charge in [0, 0.05) is 19.1 Å². The highest BCUT2D eigenvalue weighted by molar-refractivity contribution is 5.79. The molecule has 2 fully saturated rings. The molecule has 1 saturated heterocycles. The van der Waals surface area contributed by atoms with Crippen molar-refractivity contribution in [3.8, 4) is 0 Å². The van der Waals surface area contributed by atoms with Crippen LogP contribution in [0.5, 0.6) is 0 Å². The number of guanidine groups is 1. The van der Waals surface area contributed by atoms with Crippen molar-refractivity contribution < 1.29 is 0 Å². The molecule has 1 saturated carbocycles. The van der Waals surface area contributed by atoms with Gasteiger partial charge < -0.3 is 4.90 Å². The molecule has 2 unspecified atom stereocenters. The smallest absolute Gasteiger partial charge is 0.208 e. The second kappa shape index (κ2) is 5.53. The number of hydrogen-bond acceptors (Lipinski definition) is 2. The minimum absolute atomic E-state index is 0.695. The first-order valence-electron chi connectivity index (χ1n) is 6.64. The summed E-state index contributed by atoms with van der Waals surface area (Å²) in [6.45, 7) is 4.13. The molecule has 3 N–H and O–H groups in total. The molecule has 4 nitrogen and oxygen atoms in total. The van der Waals surface area contributed by atoms with Crippen LogP contribution >= 0.6 is 0 Å². The van der Waals surface area contributed by atoms with Crippen molar-refractivity contribution in [2.24, 2.45) is 16.8 Å². The molecule has 2 rings (SSSR count). The van der Waals surface area contributed by atoms with Crippen molar-refractivity contribution in [1.29, 1.82) is 0 Å². The van der Waals surface area contributed by atoms with Crippen LogP contribution in [0, 0.1) is 5.92 Å². The van der Waals surface area contributed by atoms with E-state index in [2.05, 4.69) is 22.2 Å². The van der Waals surface area contributed by atoms with E-state index >= 15 is 0 Å². The van der Waals surface area contributed by atoms with E-state index in [0.29, 0.717) is 6.04 Å². The number of likely N-dealkylation sites (tertiary alicyclic amines) is 1. The number of hydrogen-bond donors (Lipinski definition) is 2. The Morgan fingerprint density at radius 2 is 2.19 bits per heavy atom. The molecule has 1 aliphatic heterocycles. The van der Waals surface area contributed by atoms with E-state index in [-0.39, 0.29) is 0 Å². The topological polar surface area (TPSA) is 53.6 Å². The molecule has 0 amide bonds. The van der Waals surface area contributed by atoms with Gasteiger partial charge in [-0.2, -0.15) is 0 Å². The third-order valence-corrected chi connectivity index (χ3v) is 3.88. The van der Waals surface area contributed by atoms with Gasteiger partial charge in [0.2, 0.25) is 5.96 Å². The monoisotopic (exact) mass is 224 g/mol. The predicted octanol–water partition coefficient (Wildman–Crippen LogP) is 1.48. The number of fused-ring (bicyclic) bond motifs is 1. The summed E-state index contributed by atoms with van der Waals surface area (Å²) in [7, 11) is 0. The van der Waals surface area contributed by atoms with E-state index in [1.165, 1.54) is 32.1 Å². The van der Waals surface area contributed by atoms with Crippen molar-refractivity contribution in [3.63, 3.8) is 0 Å². The van der Waals surface area contributed by atoms with Crippen molar-refractivity contribution in [1.82, 2.24) is 10.3 Å². The number of nitrogens with one attached hydrogen (secondary N) is 1. The fourth-order valence-electron chi connectivity index (χ4n) is 3.15. The average Bonchev–Trinajstić information content (AvgIpc) is 2.78. The first kappa shape index (κ1) is 11.7. The summed E-state index contributed by atoms with van der Waals surface area (Å²) in [5, 5.41) is 0. The largest absolute Gasteiger partial charge is 0.339 e. The van der Waals surface area contributed by atoms with Gasteiger partial charge in [0.15, 0.2) is 0 Å². The number of nitrogens with two attached hydrogens (primary N) is 1. The maximum Gasteiger partial charge on any atom is 0.208 e. The van der Waals surface area contributed by atoms with Crippen molar-refractivity contribution in [2.75, 3.05) is 13.1 Å². The van der Waals surface area contributed by atoms with Gasteiger partial charge in [-0.3, -0.25) is 10.4 Å². The van der Waals surface area contributed by atoms with Crippen LogP contribution in [0.3, 0.4) is 0 Å². The van der Waals surface area contributed by atoms with Gasteiger partial charge >= 0.3 is 0 Å². The van der Waals surface area contributed by atoms with Gasteiger partial charge in [-0.1, -0.05) is 13.3 Å². The van der Waals surface area contributed by atoms with Crippen LogP contribution in [-0.4, -0.2) is 30.0 Å². The van der Waals surface area contributed by atoms with Crippen molar-refractivity contribution >= 4 is 5.96 Å². The second-order valence-electron chi connectivity index (χ2n) is 4.94. The first-order chi connectivity index (χ1) is 7.86. The van der Waals surface area contributed by atoms with Crippen LogP contribution in [0.1, 0.15) is 45.4 Å². The molecule has 2 aliphatic rings. The number of nitrogens with zero attached hydrogens (tertiary/aromatic N) is 2. The summed E-state index contributed by atoms with van der Waals surface area (Å²) in [6, 6.07) is 0.695. The Kier molecular flexibility index (Phi) is 4.04. The summed E-state index contributed by atoms with van der Waals surface area (Å²) in [6.07, 6.45) is 7.84. The van der Waals surface area contributed by atoms with Gasteiger partial charge in [0.05, 0.1) is 0 Å². The molecule has 4 heteroatoms. The summed E-state index contributed by atoms with van der Waals surface area (Å²) in [5.74, 6) is 7.40. The Morgan fingerprint density at radius 3 is 2.94 bits per heavy atom. The lowest BCUT2D eigenvalue weighted by atomic mass is 9.92. The van der Waals surface area contributed by atoms with Gasteiger partial charge in [0.25, 0.3) is 0 Å². The summed E-state index contributed by atoms with van der Waals surface area (Å²) < 4.78 is 0. The maximum absolute atomic E-state index is 5.60. The maximum atomic E-state index is 5.60. The first-order valence-corrected chi connectivity index (χ1v) is 6.64. The zero-order valence-electron chi connectivity index (χ0n) is 10.3. The molecule has 0 bridgehead atoms. The van der Waals surface area contributed by atoms with E-state index in [4.69, 9.17) is 5.84 Å². The number of piperidine rings is 1. The molecular formula is C12H24N4. The Labute approximate surface area is 98.3 Å². The molecule has 0 radical (unpaired) electrons.